The van der Waals surface area contributed by atoms with Gasteiger partial charge < -0.3 is 22.7 Å². The zero-order valence-electron chi connectivity index (χ0n) is 61.1. The summed E-state index contributed by atoms with van der Waals surface area (Å²) in [5, 5.41) is 14.5. The molecule has 114 heavy (non-hydrogen) atoms. The molecule has 0 atom stereocenters. The summed E-state index contributed by atoms with van der Waals surface area (Å²) in [4.78, 5) is 29.8. The van der Waals surface area contributed by atoms with Crippen LogP contribution >= 0.6 is 11.3 Å². The Bertz CT molecular complexity index is 7860. The number of para-hydroxylation sites is 5. The van der Waals surface area contributed by atoms with Crippen LogP contribution in [0.3, 0.4) is 0 Å². The molecule has 12 heteroatoms. The van der Waals surface area contributed by atoms with E-state index in [0.29, 0.717) is 34.9 Å². The van der Waals surface area contributed by atoms with Crippen molar-refractivity contribution in [2.45, 2.75) is 0 Å². The summed E-state index contributed by atoms with van der Waals surface area (Å²) >= 11 is 1.88. The maximum atomic E-state index is 6.57. The average molecular weight is 1480 g/mol. The van der Waals surface area contributed by atoms with Gasteiger partial charge in [-0.3, -0.25) is 0 Å². The monoisotopic (exact) mass is 1470 g/mol. The van der Waals surface area contributed by atoms with E-state index in [4.69, 9.17) is 34.3 Å². The molecular weight excluding hydrogens is 1410 g/mol. The predicted octanol–water partition coefficient (Wildman–Crippen LogP) is 26.4. The molecule has 24 aromatic rings. The average Bonchev–Trinajstić information content (AvgIpc) is 1.56. The number of hydrogen-bond acceptors (Lipinski definition) is 8. The van der Waals surface area contributed by atoms with E-state index < -0.39 is 0 Å². The van der Waals surface area contributed by atoms with Crippen LogP contribution < -0.4 is 0 Å². The molecule has 0 aliphatic carbocycles. The van der Waals surface area contributed by atoms with Gasteiger partial charge in [-0.1, -0.05) is 255 Å². The Morgan fingerprint density at radius 3 is 1.12 bits per heavy atom. The highest BCUT2D eigenvalue weighted by Crippen LogP contribution is 2.46. The number of hydrogen-bond donors (Lipinski definition) is 0. The number of fused-ring (bicyclic) bond motifs is 20. The second kappa shape index (κ2) is 26.2. The van der Waals surface area contributed by atoms with E-state index in [-0.39, 0.29) is 0 Å². The maximum Gasteiger partial charge on any atom is 0.164 e. The number of rotatable bonds is 10. The third-order valence-electron chi connectivity index (χ3n) is 22.3. The Kier molecular flexibility index (Phi) is 14.9. The summed E-state index contributed by atoms with van der Waals surface area (Å²) in [6.45, 7) is 0. The van der Waals surface area contributed by atoms with Crippen molar-refractivity contribution in [3.05, 3.63) is 376 Å². The van der Waals surface area contributed by atoms with Gasteiger partial charge in [-0.25, -0.2) is 29.9 Å². The number of aromatic nitrogens is 10. The summed E-state index contributed by atoms with van der Waals surface area (Å²) in [6.07, 6.45) is 0. The molecular formula is C102H62N10OS. The van der Waals surface area contributed by atoms with Crippen LogP contribution in [0.25, 0.3) is 220 Å². The van der Waals surface area contributed by atoms with E-state index in [0.717, 1.165) is 117 Å². The van der Waals surface area contributed by atoms with Gasteiger partial charge in [0.25, 0.3) is 0 Å². The second-order valence-electron chi connectivity index (χ2n) is 28.9. The molecule has 532 valence electrons. The third-order valence-corrected chi connectivity index (χ3v) is 23.5. The van der Waals surface area contributed by atoms with E-state index >= 15 is 0 Å². The van der Waals surface area contributed by atoms with E-state index in [1.54, 1.807) is 0 Å². The highest BCUT2D eigenvalue weighted by molar-refractivity contribution is 7.26. The fraction of sp³-hybridized carbons (Fsp3) is 0. The van der Waals surface area contributed by atoms with Crippen molar-refractivity contribution in [1.29, 1.82) is 0 Å². The van der Waals surface area contributed by atoms with E-state index in [1.807, 2.05) is 145 Å². The van der Waals surface area contributed by atoms with Crippen LogP contribution in [0.4, 0.5) is 0 Å². The first-order valence-corrected chi connectivity index (χ1v) is 39.0. The van der Waals surface area contributed by atoms with Crippen molar-refractivity contribution >= 4 is 141 Å². The number of thiophene rings is 1. The molecule has 16 aromatic carbocycles. The first kappa shape index (κ1) is 64.7. The molecule has 0 unspecified atom stereocenters. The van der Waals surface area contributed by atoms with Crippen LogP contribution in [0.2, 0.25) is 0 Å². The van der Waals surface area contributed by atoms with Crippen molar-refractivity contribution in [3.8, 4) is 91.1 Å². The van der Waals surface area contributed by atoms with Gasteiger partial charge >= 0.3 is 0 Å². The molecule has 0 aliphatic heterocycles. The topological polar surface area (TPSA) is 110 Å². The molecule has 0 bridgehead atoms. The van der Waals surface area contributed by atoms with E-state index in [2.05, 4.69) is 261 Å². The van der Waals surface area contributed by atoms with Crippen LogP contribution in [0, 0.1) is 0 Å². The molecule has 0 saturated carbocycles. The SMILES string of the molecule is c1ccc(-c2nc(-c3ccccc3)nc(-c3ccc(-n4c5ccccc5c5cc(-n6c7ccccc7c7ccc8c9ccccc9sc8c76)ccc54)cc3)n2)cc1.c1ccc(-c2nc(-c3ccccc3)nc(-c3cccc(-n4c5ccccc5c5cc(-n6c7ccccc7c7c8oc9ccccc9c8ccc76)ccc54)c3)n2)cc1. The fourth-order valence-corrected chi connectivity index (χ4v) is 18.4. The fourth-order valence-electron chi connectivity index (χ4n) is 17.2. The lowest BCUT2D eigenvalue weighted by atomic mass is 10.1. The molecule has 11 nitrogen and oxygen atoms in total. The molecule has 0 spiro atoms. The molecule has 0 aliphatic rings. The first-order chi connectivity index (χ1) is 56.5. The lowest BCUT2D eigenvalue weighted by Crippen LogP contribution is -2.01. The van der Waals surface area contributed by atoms with Crippen LogP contribution in [-0.2, 0) is 0 Å². The van der Waals surface area contributed by atoms with Gasteiger partial charge in [-0.15, -0.1) is 11.3 Å². The minimum Gasteiger partial charge on any atom is -0.455 e. The summed E-state index contributed by atoms with van der Waals surface area (Å²) < 4.78 is 18.8. The van der Waals surface area contributed by atoms with E-state index in [1.165, 1.54) is 68.9 Å². The minimum absolute atomic E-state index is 0.623. The smallest absolute Gasteiger partial charge is 0.164 e. The van der Waals surface area contributed by atoms with Gasteiger partial charge in [-0.2, -0.15) is 0 Å². The Morgan fingerprint density at radius 1 is 0.211 bits per heavy atom. The van der Waals surface area contributed by atoms with Crippen LogP contribution in [0.5, 0.6) is 0 Å². The summed E-state index contributed by atoms with van der Waals surface area (Å²) in [6, 6.07) is 132. The largest absolute Gasteiger partial charge is 0.455 e. The summed E-state index contributed by atoms with van der Waals surface area (Å²) in [7, 11) is 0. The third kappa shape index (κ3) is 10.5. The summed E-state index contributed by atoms with van der Waals surface area (Å²) in [5.74, 6) is 3.84. The van der Waals surface area contributed by atoms with Gasteiger partial charge in [0.1, 0.15) is 11.2 Å². The summed E-state index contributed by atoms with van der Waals surface area (Å²) in [5.41, 5.74) is 21.1. The van der Waals surface area contributed by atoms with Crippen LogP contribution in [-0.4, -0.2) is 48.2 Å². The van der Waals surface area contributed by atoms with Crippen molar-refractivity contribution in [1.82, 2.24) is 48.2 Å². The Balaban J connectivity index is 0.000000135. The normalized spacial score (nSPS) is 11.9. The molecule has 0 N–H and O–H groups in total. The Hall–Kier alpha value is -15.2. The van der Waals surface area contributed by atoms with Gasteiger partial charge in [0.2, 0.25) is 0 Å². The van der Waals surface area contributed by atoms with Crippen molar-refractivity contribution < 1.29 is 4.42 Å². The molecule has 8 heterocycles. The van der Waals surface area contributed by atoms with Crippen molar-refractivity contribution in [3.63, 3.8) is 0 Å². The quantitative estimate of drug-likeness (QED) is 0.134. The molecule has 0 saturated heterocycles. The van der Waals surface area contributed by atoms with E-state index in [9.17, 15) is 0 Å². The van der Waals surface area contributed by atoms with Gasteiger partial charge in [0, 0.05) is 120 Å². The number of nitrogens with zero attached hydrogens (tertiary/aromatic N) is 10. The minimum atomic E-state index is 0.623. The second-order valence-corrected chi connectivity index (χ2v) is 29.9. The molecule has 0 fully saturated rings. The standard InChI is InChI=1S/C51H31N5O.C51H31N5S/c1-3-14-32(15-4-1)49-52-50(33-16-5-2-6-17-33)54-51(53-49)34-18-13-19-35(30-34)55-42-23-10-7-20-37(42)41-31-36(26-28-44(41)55)56-43-24-11-8-22-40(43)47-45(56)29-27-39-38-21-9-12-25-46(38)57-48(39)47;1-3-13-32(14-4-1)49-52-50(33-15-5-2-6-16-33)54-51(53-49)34-23-25-35(26-24-34)55-43-20-10-8-18-38(43)42-31-36(27-30-45(42)55)56-44-21-11-7-17-37(44)40-28-29-41-39-19-9-12-22-46(39)57-48(41)47(40)56/h2*1-31H. The predicted molar refractivity (Wildman–Crippen MR) is 470 cm³/mol. The van der Waals surface area contributed by atoms with Crippen molar-refractivity contribution in [2.24, 2.45) is 0 Å². The number of furan rings is 1. The highest BCUT2D eigenvalue weighted by Gasteiger charge is 2.25. The zero-order valence-corrected chi connectivity index (χ0v) is 61.9. The number of benzene rings is 16. The molecule has 24 rings (SSSR count). The maximum absolute atomic E-state index is 6.57. The molecule has 0 radical (unpaired) electrons. The highest BCUT2D eigenvalue weighted by atomic mass is 32.1. The van der Waals surface area contributed by atoms with Gasteiger partial charge in [-0.05, 0) is 121 Å². The van der Waals surface area contributed by atoms with Crippen molar-refractivity contribution in [2.75, 3.05) is 0 Å². The lowest BCUT2D eigenvalue weighted by molar-refractivity contribution is 0.673. The Labute approximate surface area is 656 Å². The lowest BCUT2D eigenvalue weighted by Gasteiger charge is -2.12. The van der Waals surface area contributed by atoms with Gasteiger partial charge in [0.05, 0.1) is 54.2 Å². The zero-order chi connectivity index (χ0) is 74.9. The van der Waals surface area contributed by atoms with Gasteiger partial charge in [0.15, 0.2) is 34.9 Å². The van der Waals surface area contributed by atoms with Crippen LogP contribution in [0.1, 0.15) is 0 Å². The molecule has 0 amide bonds. The van der Waals surface area contributed by atoms with Crippen LogP contribution in [0.15, 0.2) is 381 Å². The Morgan fingerprint density at radius 2 is 0.570 bits per heavy atom. The molecule has 8 aromatic heterocycles. The first-order valence-electron chi connectivity index (χ1n) is 38.2.